The van der Waals surface area contributed by atoms with Gasteiger partial charge < -0.3 is 4.90 Å². The molecule has 0 N–H and O–H groups in total. The van der Waals surface area contributed by atoms with Crippen LogP contribution >= 0.6 is 0 Å². The molecule has 0 aromatic heterocycles. The van der Waals surface area contributed by atoms with Crippen molar-refractivity contribution in [2.75, 3.05) is 13.1 Å². The Morgan fingerprint density at radius 1 is 1.19 bits per heavy atom. The summed E-state index contributed by atoms with van der Waals surface area (Å²) in [5, 5.41) is 0. The van der Waals surface area contributed by atoms with Gasteiger partial charge in [-0.05, 0) is 37.0 Å². The van der Waals surface area contributed by atoms with E-state index >= 15 is 0 Å². The lowest BCUT2D eigenvalue weighted by Crippen LogP contribution is -2.31. The normalized spacial score (nSPS) is 35.4. The maximum Gasteiger partial charge on any atom is 0.222 e. The second kappa shape index (κ2) is 5.20. The molecule has 2 nitrogen and oxygen atoms in total. The molecular weight excluding hydrogens is 198 g/mol. The van der Waals surface area contributed by atoms with Gasteiger partial charge in [0.05, 0.1) is 0 Å². The van der Waals surface area contributed by atoms with Crippen molar-refractivity contribution in [2.45, 2.75) is 52.4 Å². The Morgan fingerprint density at radius 3 is 2.62 bits per heavy atom. The molecule has 2 rings (SSSR count). The van der Waals surface area contributed by atoms with Crippen molar-refractivity contribution in [1.29, 1.82) is 0 Å². The highest BCUT2D eigenvalue weighted by Gasteiger charge is 2.27. The van der Waals surface area contributed by atoms with E-state index in [0.717, 1.165) is 25.4 Å². The van der Waals surface area contributed by atoms with Gasteiger partial charge in [-0.15, -0.1) is 0 Å². The molecule has 0 aromatic rings. The molecule has 92 valence electrons. The van der Waals surface area contributed by atoms with Gasteiger partial charge in [0, 0.05) is 19.5 Å². The Hall–Kier alpha value is -0.530. The molecule has 1 heterocycles. The van der Waals surface area contributed by atoms with Crippen LogP contribution in [0, 0.1) is 17.8 Å². The number of hydrogen-bond acceptors (Lipinski definition) is 1. The molecule has 16 heavy (non-hydrogen) atoms. The lowest BCUT2D eigenvalue weighted by molar-refractivity contribution is -0.131. The minimum atomic E-state index is 0.420. The third kappa shape index (κ3) is 2.99. The number of rotatable bonds is 2. The van der Waals surface area contributed by atoms with Gasteiger partial charge in [0.15, 0.2) is 0 Å². The first-order chi connectivity index (χ1) is 7.65. The van der Waals surface area contributed by atoms with Gasteiger partial charge in [-0.1, -0.05) is 26.7 Å². The molecule has 1 amide bonds. The van der Waals surface area contributed by atoms with Crippen molar-refractivity contribution in [3.05, 3.63) is 0 Å². The first-order valence-electron chi connectivity index (χ1n) is 6.93. The summed E-state index contributed by atoms with van der Waals surface area (Å²) in [6, 6.07) is 0. The van der Waals surface area contributed by atoms with Crippen LogP contribution in [0.4, 0.5) is 0 Å². The number of nitrogens with zero attached hydrogens (tertiary/aromatic N) is 1. The molecule has 0 spiro atoms. The summed E-state index contributed by atoms with van der Waals surface area (Å²) in [5.41, 5.74) is 0. The van der Waals surface area contributed by atoms with E-state index in [0.29, 0.717) is 17.7 Å². The van der Waals surface area contributed by atoms with E-state index in [2.05, 4.69) is 18.7 Å². The molecule has 0 bridgehead atoms. The number of hydrogen-bond donors (Lipinski definition) is 0. The Labute approximate surface area is 99.4 Å². The van der Waals surface area contributed by atoms with Crippen LogP contribution in [0.5, 0.6) is 0 Å². The number of carbonyl (C=O) groups excluding carboxylic acids is 1. The van der Waals surface area contributed by atoms with Gasteiger partial charge in [-0.3, -0.25) is 4.79 Å². The van der Waals surface area contributed by atoms with Crippen LogP contribution in [-0.4, -0.2) is 23.9 Å². The van der Waals surface area contributed by atoms with E-state index in [9.17, 15) is 4.79 Å². The second-order valence-corrected chi connectivity index (χ2v) is 6.08. The van der Waals surface area contributed by atoms with Crippen LogP contribution < -0.4 is 0 Å². The summed E-state index contributed by atoms with van der Waals surface area (Å²) in [6.45, 7) is 6.58. The Balaban J connectivity index is 1.78. The highest BCUT2D eigenvalue weighted by molar-refractivity contribution is 5.76. The molecule has 2 fully saturated rings. The Bertz CT molecular complexity index is 251. The molecule has 3 atom stereocenters. The molecule has 1 saturated carbocycles. The van der Waals surface area contributed by atoms with Crippen molar-refractivity contribution < 1.29 is 4.79 Å². The molecular formula is C14H25NO. The third-order valence-electron chi connectivity index (χ3n) is 4.28. The molecule has 1 aliphatic heterocycles. The summed E-state index contributed by atoms with van der Waals surface area (Å²) >= 11 is 0. The SMILES string of the molecule is CC1CCCC(CC(=O)N2CCC(C)C2)C1. The highest BCUT2D eigenvalue weighted by Crippen LogP contribution is 2.31. The standard InChI is InChI=1S/C14H25NO/c1-11-4-3-5-13(8-11)9-14(16)15-7-6-12(2)10-15/h11-13H,3-10H2,1-2H3. The minimum Gasteiger partial charge on any atom is -0.342 e. The fourth-order valence-electron chi connectivity index (χ4n) is 3.28. The van der Waals surface area contributed by atoms with Crippen molar-refractivity contribution in [2.24, 2.45) is 17.8 Å². The topological polar surface area (TPSA) is 20.3 Å². The van der Waals surface area contributed by atoms with E-state index in [-0.39, 0.29) is 0 Å². The Morgan fingerprint density at radius 2 is 2.00 bits per heavy atom. The van der Waals surface area contributed by atoms with Crippen LogP contribution in [-0.2, 0) is 4.79 Å². The zero-order valence-electron chi connectivity index (χ0n) is 10.7. The maximum absolute atomic E-state index is 12.1. The molecule has 2 heteroatoms. The number of likely N-dealkylation sites (tertiary alicyclic amines) is 1. The summed E-state index contributed by atoms with van der Waals surface area (Å²) in [6.07, 6.45) is 7.26. The van der Waals surface area contributed by atoms with E-state index in [1.54, 1.807) is 0 Å². The highest BCUT2D eigenvalue weighted by atomic mass is 16.2. The minimum absolute atomic E-state index is 0.420. The van der Waals surface area contributed by atoms with Crippen LogP contribution in [0.15, 0.2) is 0 Å². The molecule has 3 unspecified atom stereocenters. The predicted octanol–water partition coefficient (Wildman–Crippen LogP) is 3.07. The van der Waals surface area contributed by atoms with Crippen LogP contribution in [0.1, 0.15) is 52.4 Å². The van der Waals surface area contributed by atoms with E-state index in [1.807, 2.05) is 0 Å². The zero-order chi connectivity index (χ0) is 11.5. The fourth-order valence-corrected chi connectivity index (χ4v) is 3.28. The lowest BCUT2D eigenvalue weighted by Gasteiger charge is -2.27. The largest absolute Gasteiger partial charge is 0.342 e. The van der Waals surface area contributed by atoms with Gasteiger partial charge in [-0.2, -0.15) is 0 Å². The summed E-state index contributed by atoms with van der Waals surface area (Å²) in [7, 11) is 0. The van der Waals surface area contributed by atoms with Crippen molar-refractivity contribution >= 4 is 5.91 Å². The van der Waals surface area contributed by atoms with Gasteiger partial charge in [-0.25, -0.2) is 0 Å². The monoisotopic (exact) mass is 223 g/mol. The molecule has 0 aromatic carbocycles. The van der Waals surface area contributed by atoms with Gasteiger partial charge in [0.1, 0.15) is 0 Å². The third-order valence-corrected chi connectivity index (χ3v) is 4.28. The second-order valence-electron chi connectivity index (χ2n) is 6.08. The smallest absolute Gasteiger partial charge is 0.222 e. The Kier molecular flexibility index (Phi) is 3.88. The van der Waals surface area contributed by atoms with Gasteiger partial charge >= 0.3 is 0 Å². The van der Waals surface area contributed by atoms with Crippen LogP contribution in [0.2, 0.25) is 0 Å². The van der Waals surface area contributed by atoms with E-state index in [1.165, 1.54) is 32.1 Å². The van der Waals surface area contributed by atoms with Crippen molar-refractivity contribution in [1.82, 2.24) is 4.90 Å². The molecule has 1 saturated heterocycles. The summed E-state index contributed by atoms with van der Waals surface area (Å²) in [5.74, 6) is 2.65. The summed E-state index contributed by atoms with van der Waals surface area (Å²) < 4.78 is 0. The first kappa shape index (κ1) is 11.9. The predicted molar refractivity (Wildman–Crippen MR) is 66.1 cm³/mol. The number of amides is 1. The lowest BCUT2D eigenvalue weighted by atomic mass is 9.80. The van der Waals surface area contributed by atoms with Gasteiger partial charge in [0.2, 0.25) is 5.91 Å². The summed E-state index contributed by atoms with van der Waals surface area (Å²) in [4.78, 5) is 14.2. The van der Waals surface area contributed by atoms with Gasteiger partial charge in [0.25, 0.3) is 0 Å². The number of carbonyl (C=O) groups is 1. The average Bonchev–Trinajstić information content (AvgIpc) is 2.65. The average molecular weight is 223 g/mol. The fraction of sp³-hybridized carbons (Fsp3) is 0.929. The molecule has 0 radical (unpaired) electrons. The molecule has 2 aliphatic rings. The van der Waals surface area contributed by atoms with Crippen molar-refractivity contribution in [3.8, 4) is 0 Å². The maximum atomic E-state index is 12.1. The molecule has 1 aliphatic carbocycles. The quantitative estimate of drug-likeness (QED) is 0.704. The van der Waals surface area contributed by atoms with E-state index in [4.69, 9.17) is 0 Å². The first-order valence-corrected chi connectivity index (χ1v) is 6.93. The van der Waals surface area contributed by atoms with Crippen LogP contribution in [0.3, 0.4) is 0 Å². The zero-order valence-corrected chi connectivity index (χ0v) is 10.7. The van der Waals surface area contributed by atoms with Crippen molar-refractivity contribution in [3.63, 3.8) is 0 Å². The van der Waals surface area contributed by atoms with Crippen LogP contribution in [0.25, 0.3) is 0 Å². The van der Waals surface area contributed by atoms with E-state index < -0.39 is 0 Å².